The highest BCUT2D eigenvalue weighted by Gasteiger charge is 2.18. The number of benzene rings is 8. The van der Waals surface area contributed by atoms with Crippen LogP contribution in [0, 0.1) is 0 Å². The smallest absolute Gasteiger partial charge is 0.0622 e. The van der Waals surface area contributed by atoms with Gasteiger partial charge >= 0.3 is 0 Å². The van der Waals surface area contributed by atoms with Crippen molar-refractivity contribution in [2.45, 2.75) is 13.2 Å². The topological polar surface area (TPSA) is 0 Å². The zero-order valence-electron chi connectivity index (χ0n) is 38.8. The molecule has 0 amide bonds. The summed E-state index contributed by atoms with van der Waals surface area (Å²) in [6.45, 7) is -3.28. The Hall–Kier alpha value is -4.94. The Balaban J connectivity index is 1.62. The first kappa shape index (κ1) is 11.3. The zero-order valence-corrected chi connectivity index (χ0v) is 20.8. The number of hydrogen-bond donors (Lipinski definition) is 0. The van der Waals surface area contributed by atoms with E-state index in [-0.39, 0.29) is 91.1 Å². The minimum atomic E-state index is -3.28. The van der Waals surface area contributed by atoms with Gasteiger partial charge < -0.3 is 0 Å². The predicted molar refractivity (Wildman–Crippen MR) is 174 cm³/mol. The van der Waals surface area contributed by atoms with Crippen LogP contribution in [0.5, 0.6) is 0 Å². The van der Waals surface area contributed by atoms with Crippen molar-refractivity contribution in [3.05, 3.63) is 145 Å². The number of fused-ring (bicyclic) bond motifs is 6. The van der Waals surface area contributed by atoms with E-state index in [4.69, 9.17) is 24.7 Å². The van der Waals surface area contributed by atoms with E-state index in [2.05, 4.69) is 0 Å². The first-order chi connectivity index (χ1) is 27.1. The molecule has 0 fully saturated rings. The second kappa shape index (κ2) is 9.07. The second-order valence-electron chi connectivity index (χ2n) is 9.43. The number of hydrogen-bond acceptors (Lipinski definition) is 0. The number of rotatable bonds is 3. The third-order valence-electron chi connectivity index (χ3n) is 7.46. The molecule has 0 unspecified atom stereocenters. The highest BCUT2D eigenvalue weighted by molar-refractivity contribution is 6.25. The number of aryl methyl sites for hydroxylation is 1. The van der Waals surface area contributed by atoms with Crippen molar-refractivity contribution in [1.82, 2.24) is 0 Å². The Morgan fingerprint density at radius 2 is 1.15 bits per heavy atom. The van der Waals surface area contributed by atoms with Crippen LogP contribution in [0.15, 0.2) is 139 Å². The quantitative estimate of drug-likeness (QED) is 0.159. The molecule has 0 heterocycles. The fraction of sp³-hybridized carbons (Fsp3) is 0.0500. The van der Waals surface area contributed by atoms with E-state index in [1.807, 2.05) is 0 Å². The largest absolute Gasteiger partial charge is 0.0629 e. The Kier molecular flexibility index (Phi) is 2.56. The molecule has 0 N–H and O–H groups in total. The van der Waals surface area contributed by atoms with E-state index in [9.17, 15) is 0 Å². The highest BCUT2D eigenvalue weighted by Crippen LogP contribution is 2.46. The van der Waals surface area contributed by atoms with Gasteiger partial charge in [0.2, 0.25) is 0 Å². The van der Waals surface area contributed by atoms with Gasteiger partial charge in [-0.05, 0) is 94.1 Å². The third-order valence-corrected chi connectivity index (χ3v) is 7.46. The molecule has 0 aliphatic carbocycles. The summed E-state index contributed by atoms with van der Waals surface area (Å²) in [5.74, 6) is 0. The zero-order chi connectivity index (χ0) is 42.2. The molecule has 0 aromatic heterocycles. The van der Waals surface area contributed by atoms with Crippen molar-refractivity contribution in [2.75, 3.05) is 0 Å². The van der Waals surface area contributed by atoms with E-state index in [0.29, 0.717) is 27.3 Å². The predicted octanol–water partition coefficient (Wildman–Crippen LogP) is 11.3. The minimum Gasteiger partial charge on any atom is -0.0622 e. The molecule has 40 heavy (non-hydrogen) atoms. The van der Waals surface area contributed by atoms with Crippen LogP contribution in [-0.4, -0.2) is 0 Å². The average Bonchev–Trinajstić information content (AvgIpc) is 3.15. The van der Waals surface area contributed by atoms with Gasteiger partial charge in [0.1, 0.15) is 0 Å². The van der Waals surface area contributed by atoms with Crippen LogP contribution < -0.4 is 0 Å². The molecule has 8 rings (SSSR count). The van der Waals surface area contributed by atoms with Gasteiger partial charge in [-0.25, -0.2) is 0 Å². The van der Waals surface area contributed by atoms with Crippen LogP contribution in [0.2, 0.25) is 0 Å². The highest BCUT2D eigenvalue weighted by atomic mass is 14.2. The lowest BCUT2D eigenvalue weighted by molar-refractivity contribution is 1.18. The van der Waals surface area contributed by atoms with Gasteiger partial charge in [0.25, 0.3) is 0 Å². The summed E-state index contributed by atoms with van der Waals surface area (Å²) >= 11 is 0. The van der Waals surface area contributed by atoms with Crippen LogP contribution in [0.1, 0.15) is 37.1 Å². The summed E-state index contributed by atoms with van der Waals surface area (Å²) in [5, 5.41) is 1.66. The lowest BCUT2D eigenvalue weighted by Gasteiger charge is -2.19. The summed E-state index contributed by atoms with van der Waals surface area (Å²) < 4.78 is 154. The fourth-order valence-corrected chi connectivity index (χ4v) is 5.81. The van der Waals surface area contributed by atoms with Gasteiger partial charge in [0.15, 0.2) is 0 Å². The van der Waals surface area contributed by atoms with Crippen LogP contribution in [0.3, 0.4) is 0 Å². The van der Waals surface area contributed by atoms with Crippen molar-refractivity contribution in [3.63, 3.8) is 0 Å². The molecular formula is C40H28. The molecular weight excluding hydrogens is 480 g/mol. The van der Waals surface area contributed by atoms with Crippen molar-refractivity contribution in [2.24, 2.45) is 0 Å². The molecule has 0 bridgehead atoms. The van der Waals surface area contributed by atoms with Gasteiger partial charge in [-0.15, -0.1) is 0 Å². The monoisotopic (exact) mass is 526 g/mol. The molecule has 188 valence electrons. The molecule has 0 saturated carbocycles. The van der Waals surface area contributed by atoms with Crippen molar-refractivity contribution < 1.29 is 24.7 Å². The molecule has 0 saturated heterocycles. The first-order valence-corrected chi connectivity index (χ1v) is 12.5. The molecule has 0 aliphatic rings. The molecule has 0 atom stereocenters. The fourth-order valence-electron chi connectivity index (χ4n) is 5.81. The SMILES string of the molecule is [2H]c1cc(-c2c3cc([2H])c([2H])cc3c(-c3cc([2H])c([2H])c([2H])c3[2H])c3cc([2H])c([2H])cc23)c2ccc3c(C([2H])([2H])C([2H])([2H])[2H])c4c([2H])c([2H])c([2H])c([2H])c4cc3c2c1. The normalized spacial score (nSPS) is 18.8. The maximum Gasteiger partial charge on any atom is 0.0629 e. The van der Waals surface area contributed by atoms with Gasteiger partial charge in [-0.3, -0.25) is 0 Å². The van der Waals surface area contributed by atoms with E-state index in [1.54, 1.807) is 6.07 Å². The van der Waals surface area contributed by atoms with E-state index < -0.39 is 55.0 Å². The van der Waals surface area contributed by atoms with Crippen molar-refractivity contribution in [1.29, 1.82) is 0 Å². The lowest BCUT2D eigenvalue weighted by atomic mass is 9.84. The Morgan fingerprint density at radius 1 is 0.500 bits per heavy atom. The van der Waals surface area contributed by atoms with Crippen LogP contribution in [0.25, 0.3) is 76.1 Å². The van der Waals surface area contributed by atoms with Gasteiger partial charge in [0.05, 0.1) is 17.8 Å². The van der Waals surface area contributed by atoms with Crippen molar-refractivity contribution in [3.8, 4) is 22.3 Å². The van der Waals surface area contributed by atoms with E-state index in [1.165, 1.54) is 54.6 Å². The van der Waals surface area contributed by atoms with Gasteiger partial charge in [-0.1, -0.05) is 140 Å². The molecule has 0 spiro atoms. The Morgan fingerprint density at radius 3 is 1.93 bits per heavy atom. The maximum atomic E-state index is 9.06. The first-order valence-electron chi connectivity index (χ1n) is 21.5. The minimum absolute atomic E-state index is 0.0329. The molecule has 0 heteroatoms. The maximum absolute atomic E-state index is 9.06. The summed E-state index contributed by atoms with van der Waals surface area (Å²) in [5.41, 5.74) is 0.500. The molecule has 0 nitrogen and oxygen atoms in total. The summed E-state index contributed by atoms with van der Waals surface area (Å²) in [7, 11) is 0. The van der Waals surface area contributed by atoms with Gasteiger partial charge in [-0.2, -0.15) is 0 Å². The van der Waals surface area contributed by atoms with Crippen LogP contribution in [0.4, 0.5) is 0 Å². The average molecular weight is 527 g/mol. The van der Waals surface area contributed by atoms with Crippen LogP contribution >= 0.6 is 0 Å². The summed E-state index contributed by atoms with van der Waals surface area (Å²) in [6.07, 6.45) is -3.12. The third kappa shape index (κ3) is 3.33. The Bertz CT molecular complexity index is 3100. The summed E-state index contributed by atoms with van der Waals surface area (Å²) in [4.78, 5) is 0. The lowest BCUT2D eigenvalue weighted by Crippen LogP contribution is -1.92. The van der Waals surface area contributed by atoms with E-state index >= 15 is 0 Å². The molecule has 8 aromatic rings. The molecule has 0 aliphatic heterocycles. The van der Waals surface area contributed by atoms with Crippen LogP contribution in [-0.2, 0) is 6.37 Å². The molecule has 8 aromatic carbocycles. The van der Waals surface area contributed by atoms with Crippen molar-refractivity contribution >= 4 is 53.9 Å². The second-order valence-corrected chi connectivity index (χ2v) is 9.43. The Labute approximate surface area is 259 Å². The summed E-state index contributed by atoms with van der Waals surface area (Å²) in [6, 6.07) is 9.27. The van der Waals surface area contributed by atoms with Gasteiger partial charge in [0, 0.05) is 6.85 Å². The standard InChI is InChI=1S/C40H28/c1-2-28-29-16-7-6-15-27(29)25-38-30-21-12-22-33(32(30)24-23-31(28)38)40-36-19-10-8-17-34(36)39(26-13-4-3-5-14-26)35-18-9-11-20-37(35)40/h3-25H,2H2,1H3/i1D3,2D2,3D,4D,5D,6D,7D,8D,9D,10D,11D,12D,13D,15D,16D. The molecule has 0 radical (unpaired) electrons. The van der Waals surface area contributed by atoms with E-state index in [0.717, 1.165) is 0 Å².